The molecule has 2 aromatic heterocycles. The zero-order valence-corrected chi connectivity index (χ0v) is 14.6. The van der Waals surface area contributed by atoms with Crippen molar-refractivity contribution in [1.29, 1.82) is 0 Å². The standard InChI is InChI=1S/C17H25N5O/c1-11(2)15-20-13-10-22(9-6-14(13)21(15)5)16-17(23-12(3)4)19-8-7-18-16/h7-8,11-12H,6,9-10H2,1-5H3. The van der Waals surface area contributed by atoms with Gasteiger partial charge in [-0.1, -0.05) is 13.8 Å². The van der Waals surface area contributed by atoms with Gasteiger partial charge in [-0.15, -0.1) is 0 Å². The second-order valence-electron chi connectivity index (χ2n) is 6.60. The van der Waals surface area contributed by atoms with E-state index in [1.165, 1.54) is 5.69 Å². The van der Waals surface area contributed by atoms with Gasteiger partial charge in [-0.05, 0) is 13.8 Å². The second kappa shape index (κ2) is 6.18. The lowest BCUT2D eigenvalue weighted by Crippen LogP contribution is -2.32. The molecule has 6 nitrogen and oxygen atoms in total. The van der Waals surface area contributed by atoms with Crippen LogP contribution in [0.5, 0.6) is 5.88 Å². The van der Waals surface area contributed by atoms with Crippen molar-refractivity contribution in [2.75, 3.05) is 11.4 Å². The molecule has 0 aromatic carbocycles. The number of hydrogen-bond acceptors (Lipinski definition) is 5. The van der Waals surface area contributed by atoms with Crippen molar-refractivity contribution in [1.82, 2.24) is 19.5 Å². The van der Waals surface area contributed by atoms with Crippen LogP contribution in [0.2, 0.25) is 0 Å². The Kier molecular flexibility index (Phi) is 4.24. The van der Waals surface area contributed by atoms with Crippen LogP contribution in [0.15, 0.2) is 12.4 Å². The summed E-state index contributed by atoms with van der Waals surface area (Å²) in [6, 6.07) is 0. The highest BCUT2D eigenvalue weighted by atomic mass is 16.5. The molecule has 124 valence electrons. The first-order valence-corrected chi connectivity index (χ1v) is 8.24. The van der Waals surface area contributed by atoms with Gasteiger partial charge in [-0.3, -0.25) is 0 Å². The average Bonchev–Trinajstić information content (AvgIpc) is 2.84. The third-order valence-electron chi connectivity index (χ3n) is 4.10. The number of nitrogens with zero attached hydrogens (tertiary/aromatic N) is 5. The summed E-state index contributed by atoms with van der Waals surface area (Å²) in [6.45, 7) is 10.0. The molecule has 0 aliphatic carbocycles. The summed E-state index contributed by atoms with van der Waals surface area (Å²) in [5, 5.41) is 0. The van der Waals surface area contributed by atoms with E-state index in [1.54, 1.807) is 12.4 Å². The van der Waals surface area contributed by atoms with Crippen LogP contribution in [0.1, 0.15) is 50.8 Å². The van der Waals surface area contributed by atoms with Crippen LogP contribution in [0, 0.1) is 0 Å². The first-order chi connectivity index (χ1) is 11.0. The molecule has 0 atom stereocenters. The fraction of sp³-hybridized carbons (Fsp3) is 0.588. The molecule has 0 saturated heterocycles. The van der Waals surface area contributed by atoms with E-state index in [0.29, 0.717) is 11.8 Å². The Morgan fingerprint density at radius 2 is 1.87 bits per heavy atom. The summed E-state index contributed by atoms with van der Waals surface area (Å²) in [6.07, 6.45) is 4.43. The van der Waals surface area contributed by atoms with E-state index in [9.17, 15) is 0 Å². The zero-order valence-electron chi connectivity index (χ0n) is 14.6. The molecule has 0 saturated carbocycles. The van der Waals surface area contributed by atoms with Crippen LogP contribution < -0.4 is 9.64 Å². The van der Waals surface area contributed by atoms with E-state index in [2.05, 4.69) is 40.3 Å². The van der Waals surface area contributed by atoms with Crippen LogP contribution in [0.4, 0.5) is 5.82 Å². The van der Waals surface area contributed by atoms with Gasteiger partial charge in [0.05, 0.1) is 18.3 Å². The smallest absolute Gasteiger partial charge is 0.257 e. The molecule has 0 fully saturated rings. The van der Waals surface area contributed by atoms with E-state index in [-0.39, 0.29) is 6.10 Å². The first kappa shape index (κ1) is 15.8. The molecule has 0 amide bonds. The summed E-state index contributed by atoms with van der Waals surface area (Å²) in [4.78, 5) is 15.9. The Hall–Kier alpha value is -2.11. The highest BCUT2D eigenvalue weighted by Crippen LogP contribution is 2.30. The van der Waals surface area contributed by atoms with Gasteiger partial charge in [0.15, 0.2) is 5.82 Å². The monoisotopic (exact) mass is 315 g/mol. The van der Waals surface area contributed by atoms with Gasteiger partial charge in [0.25, 0.3) is 5.88 Å². The van der Waals surface area contributed by atoms with E-state index >= 15 is 0 Å². The van der Waals surface area contributed by atoms with Crippen molar-refractivity contribution < 1.29 is 4.74 Å². The Bertz CT molecular complexity index is 692. The lowest BCUT2D eigenvalue weighted by atomic mass is 10.1. The minimum absolute atomic E-state index is 0.0770. The lowest BCUT2D eigenvalue weighted by Gasteiger charge is -2.28. The molecular weight excluding hydrogens is 290 g/mol. The maximum atomic E-state index is 5.81. The molecule has 23 heavy (non-hydrogen) atoms. The predicted octanol–water partition coefficient (Wildman–Crippen LogP) is 2.68. The molecule has 1 aliphatic heterocycles. The van der Waals surface area contributed by atoms with Crippen molar-refractivity contribution in [2.45, 2.75) is 52.7 Å². The van der Waals surface area contributed by atoms with Crippen LogP contribution in [0.3, 0.4) is 0 Å². The van der Waals surface area contributed by atoms with Crippen molar-refractivity contribution in [3.05, 3.63) is 29.6 Å². The van der Waals surface area contributed by atoms with E-state index in [0.717, 1.165) is 36.8 Å². The molecule has 0 spiro atoms. The zero-order chi connectivity index (χ0) is 16.6. The number of hydrogen-bond donors (Lipinski definition) is 0. The quantitative estimate of drug-likeness (QED) is 0.868. The average molecular weight is 315 g/mol. The van der Waals surface area contributed by atoms with Crippen LogP contribution in [-0.4, -0.2) is 32.2 Å². The number of rotatable bonds is 4. The molecule has 3 rings (SSSR count). The number of fused-ring (bicyclic) bond motifs is 1. The fourth-order valence-corrected chi connectivity index (χ4v) is 3.09. The molecule has 6 heteroatoms. The van der Waals surface area contributed by atoms with Gasteiger partial charge in [0.1, 0.15) is 5.82 Å². The lowest BCUT2D eigenvalue weighted by molar-refractivity contribution is 0.232. The maximum Gasteiger partial charge on any atom is 0.257 e. The third-order valence-corrected chi connectivity index (χ3v) is 4.10. The molecule has 3 heterocycles. The van der Waals surface area contributed by atoms with Gasteiger partial charge in [-0.2, -0.15) is 0 Å². The number of imidazole rings is 1. The largest absolute Gasteiger partial charge is 0.472 e. The second-order valence-corrected chi connectivity index (χ2v) is 6.60. The summed E-state index contributed by atoms with van der Waals surface area (Å²) in [5.74, 6) is 2.99. The van der Waals surface area contributed by atoms with Gasteiger partial charge >= 0.3 is 0 Å². The highest BCUT2D eigenvalue weighted by Gasteiger charge is 2.26. The van der Waals surface area contributed by atoms with Crippen LogP contribution in [0.25, 0.3) is 0 Å². The molecule has 0 N–H and O–H groups in total. The molecular formula is C17H25N5O. The molecule has 0 unspecified atom stereocenters. The topological polar surface area (TPSA) is 56.1 Å². The predicted molar refractivity (Wildman–Crippen MR) is 89.8 cm³/mol. The van der Waals surface area contributed by atoms with Gasteiger partial charge in [-0.25, -0.2) is 15.0 Å². The minimum atomic E-state index is 0.0770. The Labute approximate surface area is 137 Å². The normalized spacial score (nSPS) is 14.5. The van der Waals surface area contributed by atoms with E-state index in [4.69, 9.17) is 9.72 Å². The molecule has 1 aliphatic rings. The Morgan fingerprint density at radius 1 is 1.13 bits per heavy atom. The van der Waals surface area contributed by atoms with E-state index in [1.807, 2.05) is 13.8 Å². The van der Waals surface area contributed by atoms with Gasteiger partial charge < -0.3 is 14.2 Å². The Morgan fingerprint density at radius 3 is 2.57 bits per heavy atom. The molecule has 0 bridgehead atoms. The summed E-state index contributed by atoms with van der Waals surface area (Å²) in [7, 11) is 2.12. The summed E-state index contributed by atoms with van der Waals surface area (Å²) < 4.78 is 8.06. The maximum absolute atomic E-state index is 5.81. The highest BCUT2D eigenvalue weighted by molar-refractivity contribution is 5.49. The van der Waals surface area contributed by atoms with Crippen molar-refractivity contribution in [2.24, 2.45) is 7.05 Å². The summed E-state index contributed by atoms with van der Waals surface area (Å²) in [5.41, 5.74) is 2.48. The fourth-order valence-electron chi connectivity index (χ4n) is 3.09. The van der Waals surface area contributed by atoms with Crippen LogP contribution in [-0.2, 0) is 20.0 Å². The van der Waals surface area contributed by atoms with Crippen molar-refractivity contribution >= 4 is 5.82 Å². The van der Waals surface area contributed by atoms with Gasteiger partial charge in [0, 0.05) is 44.0 Å². The Balaban J connectivity index is 1.89. The molecule has 0 radical (unpaired) electrons. The van der Waals surface area contributed by atoms with Crippen LogP contribution >= 0.6 is 0 Å². The van der Waals surface area contributed by atoms with Crippen molar-refractivity contribution in [3.8, 4) is 5.88 Å². The molecule has 2 aromatic rings. The number of ether oxygens (including phenoxy) is 1. The van der Waals surface area contributed by atoms with Crippen molar-refractivity contribution in [3.63, 3.8) is 0 Å². The summed E-state index contributed by atoms with van der Waals surface area (Å²) >= 11 is 0. The van der Waals surface area contributed by atoms with E-state index < -0.39 is 0 Å². The minimum Gasteiger partial charge on any atom is -0.472 e. The first-order valence-electron chi connectivity index (χ1n) is 8.24. The number of aromatic nitrogens is 4. The third kappa shape index (κ3) is 3.02. The SMILES string of the molecule is CC(C)Oc1nccnc1N1CCc2c(nc(C(C)C)n2C)C1. The van der Waals surface area contributed by atoms with Gasteiger partial charge in [0.2, 0.25) is 0 Å². The number of anilines is 1.